The molecule has 3 fully saturated rings. The van der Waals surface area contributed by atoms with Crippen molar-refractivity contribution in [3.8, 4) is 0 Å². The van der Waals surface area contributed by atoms with Gasteiger partial charge in [0.2, 0.25) is 23.6 Å². The summed E-state index contributed by atoms with van der Waals surface area (Å²) >= 11 is 0. The van der Waals surface area contributed by atoms with E-state index in [4.69, 9.17) is 71.1 Å². The van der Waals surface area contributed by atoms with Gasteiger partial charge in [-0.25, -0.2) is 0 Å². The van der Waals surface area contributed by atoms with Gasteiger partial charge in [-0.05, 0) is 38.2 Å². The Morgan fingerprint density at radius 2 is 0.654 bits per heavy atom. The molecule has 4 amide bonds. The zero-order valence-electron chi connectivity index (χ0n) is 61.7. The van der Waals surface area contributed by atoms with Gasteiger partial charge in [-0.15, -0.1) is 0 Å². The van der Waals surface area contributed by atoms with E-state index < -0.39 is 117 Å². The summed E-state index contributed by atoms with van der Waals surface area (Å²) in [5.74, 6) is -2.75. The first kappa shape index (κ1) is 94.2. The van der Waals surface area contributed by atoms with E-state index in [0.717, 1.165) is 19.3 Å². The van der Waals surface area contributed by atoms with E-state index in [1.807, 2.05) is 0 Å². The number of hydrogen-bond acceptors (Lipinski definition) is 30. The van der Waals surface area contributed by atoms with Crippen molar-refractivity contribution in [3.05, 3.63) is 12.2 Å². The molecule has 0 aromatic rings. The van der Waals surface area contributed by atoms with Gasteiger partial charge in [-0.3, -0.25) is 28.8 Å². The molecule has 15 unspecified atom stereocenters. The number of unbranched alkanes of at least 4 members (excludes halogenated alkanes) is 5. The molecule has 0 radical (unpaired) electrons. The number of Topliss-reactive ketones (excluding diaryl/α,β-unsaturated/α-hetero) is 2. The lowest BCUT2D eigenvalue weighted by Gasteiger charge is -2.40. The molecule has 0 bridgehead atoms. The van der Waals surface area contributed by atoms with Crippen LogP contribution in [0.1, 0.15) is 118 Å². The van der Waals surface area contributed by atoms with Crippen LogP contribution in [0.2, 0.25) is 0 Å². The highest BCUT2D eigenvalue weighted by molar-refractivity contribution is 5.94. The Kier molecular flexibility index (Phi) is 51.8. The summed E-state index contributed by atoms with van der Waals surface area (Å²) in [5, 5.41) is 101. The van der Waals surface area contributed by atoms with Crippen LogP contribution in [0.5, 0.6) is 0 Å². The molecule has 3 aliphatic heterocycles. The third-order valence-corrected chi connectivity index (χ3v) is 17.6. The second-order valence-corrected chi connectivity index (χ2v) is 26.4. The van der Waals surface area contributed by atoms with Crippen LogP contribution in [-0.2, 0) is 99.8 Å². The Morgan fingerprint density at radius 1 is 0.356 bits per heavy atom. The number of rotatable bonds is 64. The van der Waals surface area contributed by atoms with E-state index in [1.54, 1.807) is 27.7 Å². The number of carbonyl (C=O) groups is 6. The Balaban J connectivity index is 1.52. The largest absolute Gasteiger partial charge is 0.394 e. The van der Waals surface area contributed by atoms with Crippen molar-refractivity contribution in [1.82, 2.24) is 21.3 Å². The molecule has 0 spiro atoms. The first-order chi connectivity index (χ1) is 50.1. The maximum Gasteiger partial charge on any atom is 0.222 e. The normalized spacial score (nSPS) is 25.5. The minimum atomic E-state index is -1.23. The van der Waals surface area contributed by atoms with Crippen LogP contribution in [0.25, 0.3) is 0 Å². The fourth-order valence-electron chi connectivity index (χ4n) is 11.1. The molecule has 3 aliphatic rings. The molecule has 3 saturated heterocycles. The van der Waals surface area contributed by atoms with Crippen LogP contribution in [-0.4, -0.2) is 340 Å². The number of ether oxygens (including phenoxy) is 15. The number of ketones is 2. The van der Waals surface area contributed by atoms with Crippen molar-refractivity contribution in [2.24, 2.45) is 23.2 Å². The maximum absolute atomic E-state index is 14.0. The summed E-state index contributed by atoms with van der Waals surface area (Å²) in [5.41, 5.74) is -0.602. The molecule has 15 atom stereocenters. The van der Waals surface area contributed by atoms with E-state index in [9.17, 15) is 74.7 Å². The third kappa shape index (κ3) is 39.9. The van der Waals surface area contributed by atoms with E-state index in [-0.39, 0.29) is 226 Å². The lowest BCUT2D eigenvalue weighted by molar-refractivity contribution is -0.284. The van der Waals surface area contributed by atoms with Crippen molar-refractivity contribution in [1.29, 1.82) is 0 Å². The van der Waals surface area contributed by atoms with E-state index in [0.29, 0.717) is 50.6 Å². The first-order valence-electron chi connectivity index (χ1n) is 36.8. The molecule has 3 rings (SSSR count). The van der Waals surface area contributed by atoms with E-state index in [2.05, 4.69) is 27.8 Å². The lowest BCUT2D eigenvalue weighted by Crippen LogP contribution is -2.55. The number of aliphatic hydroxyl groups is 9. The Morgan fingerprint density at radius 3 is 1.00 bits per heavy atom. The molecule has 0 aromatic carbocycles. The highest BCUT2D eigenvalue weighted by atomic mass is 16.7. The third-order valence-electron chi connectivity index (χ3n) is 17.6. The fourth-order valence-corrected chi connectivity index (χ4v) is 11.1. The smallest absolute Gasteiger partial charge is 0.222 e. The molecule has 13 N–H and O–H groups in total. The van der Waals surface area contributed by atoms with E-state index >= 15 is 0 Å². The summed E-state index contributed by atoms with van der Waals surface area (Å²) in [6.07, 6.45) is -6.80. The highest BCUT2D eigenvalue weighted by Crippen LogP contribution is 2.30. The monoisotopic (exact) mass is 1500 g/mol. The van der Waals surface area contributed by atoms with Gasteiger partial charge < -0.3 is 138 Å². The van der Waals surface area contributed by atoms with Crippen LogP contribution in [0.4, 0.5) is 0 Å². The van der Waals surface area contributed by atoms with Crippen LogP contribution in [0, 0.1) is 23.2 Å². The van der Waals surface area contributed by atoms with Gasteiger partial charge in [-0.2, -0.15) is 0 Å². The number of nitrogens with one attached hydrogen (secondary N) is 4. The molecule has 0 saturated carbocycles. The SMILES string of the molecule is C=C(C)C(=O)CCCCCCC(=O)NCCCCCC(=O)CC(COCCC(=O)NCCOCCOCCOC1OC(CO)C(O)C(O)C1C)(COCCC(=O)NCCOCCOCCOC1OC(CO)C(O)C(O)C1C)COCCC(=O)NCCOCCOCCOC1OC(CO)C(O)C(O)C1C. The molecule has 34 heteroatoms. The molecule has 0 aromatic heterocycles. The predicted molar refractivity (Wildman–Crippen MR) is 370 cm³/mol. The zero-order chi connectivity index (χ0) is 76.3. The molecule has 606 valence electrons. The van der Waals surface area contributed by atoms with Crippen LogP contribution in [0.15, 0.2) is 12.2 Å². The van der Waals surface area contributed by atoms with Gasteiger partial charge in [0.25, 0.3) is 0 Å². The number of allylic oxidation sites excluding steroid dienone is 1. The average molecular weight is 1500 g/mol. The van der Waals surface area contributed by atoms with Gasteiger partial charge in [-0.1, -0.05) is 46.6 Å². The van der Waals surface area contributed by atoms with Gasteiger partial charge in [0, 0.05) is 94.3 Å². The Hall–Kier alpha value is -4.00. The van der Waals surface area contributed by atoms with Crippen molar-refractivity contribution in [3.63, 3.8) is 0 Å². The summed E-state index contributed by atoms with van der Waals surface area (Å²) < 4.78 is 85.5. The van der Waals surface area contributed by atoms with Gasteiger partial charge in [0.05, 0.1) is 177 Å². The number of amides is 4. The minimum absolute atomic E-state index is 0.0518. The predicted octanol–water partition coefficient (Wildman–Crippen LogP) is -1.96. The summed E-state index contributed by atoms with van der Waals surface area (Å²) in [6, 6.07) is 0. The average Bonchev–Trinajstić information content (AvgIpc) is 0.836. The number of hydrogen-bond donors (Lipinski definition) is 13. The number of carbonyl (C=O) groups excluding carboxylic acids is 6. The standard InChI is InChI=1S/C70H126N4O30/c1-48(2)53(79)14-10-6-7-11-15-57(80)71-19-12-8-9-13-52(78)41-70(45-96-23-16-58(81)72-20-26-90-29-32-93-35-38-99-67-49(3)61(84)64(87)54(42-75)102-67,46-97-24-17-59(82)73-21-27-91-30-33-94-36-39-100-68-50(4)62(85)65(88)55(43-76)103-68)47-98-25-18-60(83)74-22-28-92-31-34-95-37-40-101-69-51(5)63(86)66(89)56(44-77)104-69/h49-51,54-56,61-69,75-77,84-89H,1,6-47H2,2-5H3,(H,71,80)(H,72,81)(H,73,82)(H,74,83). The van der Waals surface area contributed by atoms with Crippen molar-refractivity contribution in [2.75, 3.05) is 185 Å². The second-order valence-electron chi connectivity index (χ2n) is 26.4. The van der Waals surface area contributed by atoms with E-state index in [1.165, 1.54) is 0 Å². The molecule has 0 aliphatic carbocycles. The van der Waals surface area contributed by atoms with Gasteiger partial charge in [0.15, 0.2) is 24.7 Å². The highest BCUT2D eigenvalue weighted by Gasteiger charge is 2.45. The fraction of sp³-hybridized carbons (Fsp3) is 0.886. The molecule has 3 heterocycles. The van der Waals surface area contributed by atoms with Crippen molar-refractivity contribution >= 4 is 35.2 Å². The van der Waals surface area contributed by atoms with Gasteiger partial charge in [0.1, 0.15) is 42.4 Å². The topological polar surface area (TPSA) is 471 Å². The van der Waals surface area contributed by atoms with Crippen molar-refractivity contribution < 1.29 is 146 Å². The Labute approximate surface area is 611 Å². The van der Waals surface area contributed by atoms with Crippen LogP contribution >= 0.6 is 0 Å². The maximum atomic E-state index is 14.0. The minimum Gasteiger partial charge on any atom is -0.394 e. The van der Waals surface area contributed by atoms with Crippen LogP contribution in [0.3, 0.4) is 0 Å². The Bertz CT molecular complexity index is 2130. The summed E-state index contributed by atoms with van der Waals surface area (Å²) in [4.78, 5) is 77.2. The van der Waals surface area contributed by atoms with Crippen LogP contribution < -0.4 is 21.3 Å². The molecular formula is C70H126N4O30. The second kappa shape index (κ2) is 57.1. The van der Waals surface area contributed by atoms with Crippen molar-refractivity contribution in [2.45, 2.75) is 191 Å². The van der Waals surface area contributed by atoms with Gasteiger partial charge >= 0.3 is 0 Å². The number of aliphatic hydroxyl groups excluding tert-OH is 9. The summed E-state index contributed by atoms with van der Waals surface area (Å²) in [6.45, 7) is 12.2. The molecule has 34 nitrogen and oxygen atoms in total. The first-order valence-corrected chi connectivity index (χ1v) is 36.8. The summed E-state index contributed by atoms with van der Waals surface area (Å²) in [7, 11) is 0. The lowest BCUT2D eigenvalue weighted by atomic mass is 9.84. The zero-order valence-corrected chi connectivity index (χ0v) is 61.7. The quantitative estimate of drug-likeness (QED) is 0.0232. The molecular weight excluding hydrogens is 1380 g/mol. The molecule has 104 heavy (non-hydrogen) atoms.